The molecule has 0 aliphatic carbocycles. The minimum absolute atomic E-state index is 0.0377. The zero-order chi connectivity index (χ0) is 16.3. The summed E-state index contributed by atoms with van der Waals surface area (Å²) in [4.78, 5) is 25.4. The number of amides is 1. The van der Waals surface area contributed by atoms with Crippen LogP contribution in [0.1, 0.15) is 34.6 Å². The van der Waals surface area contributed by atoms with Crippen LogP contribution in [0.4, 0.5) is 0 Å². The molecule has 0 aromatic rings. The van der Waals surface area contributed by atoms with Crippen LogP contribution < -0.4 is 0 Å². The van der Waals surface area contributed by atoms with Gasteiger partial charge in [-0.25, -0.2) is 0 Å². The number of hydrogen-bond acceptors (Lipinski definition) is 5. The van der Waals surface area contributed by atoms with Gasteiger partial charge in [-0.1, -0.05) is 13.8 Å². The van der Waals surface area contributed by atoms with E-state index in [1.807, 2.05) is 20.8 Å². The molecule has 0 spiro atoms. The van der Waals surface area contributed by atoms with Crippen LogP contribution in [0, 0.1) is 5.92 Å². The summed E-state index contributed by atoms with van der Waals surface area (Å²) in [6.07, 6.45) is -0.598. The zero-order valence-electron chi connectivity index (χ0n) is 13.9. The average Bonchev–Trinajstić information content (AvgIpc) is 2.41. The minimum Gasteiger partial charge on any atom is -0.465 e. The third-order valence-electron chi connectivity index (χ3n) is 2.67. The molecule has 0 aromatic carbocycles. The molecule has 0 heterocycles. The van der Waals surface area contributed by atoms with Gasteiger partial charge in [0.1, 0.15) is 12.6 Å². The van der Waals surface area contributed by atoms with Crippen LogP contribution in [0.2, 0.25) is 0 Å². The van der Waals surface area contributed by atoms with Crippen molar-refractivity contribution < 1.29 is 23.8 Å². The van der Waals surface area contributed by atoms with E-state index in [-0.39, 0.29) is 18.4 Å². The highest BCUT2D eigenvalue weighted by molar-refractivity contribution is 5.84. The van der Waals surface area contributed by atoms with Crippen LogP contribution in [-0.4, -0.2) is 62.4 Å². The molecule has 0 bridgehead atoms. The van der Waals surface area contributed by atoms with E-state index >= 15 is 0 Å². The van der Waals surface area contributed by atoms with Gasteiger partial charge in [0.05, 0.1) is 19.8 Å². The van der Waals surface area contributed by atoms with Gasteiger partial charge in [0.15, 0.2) is 0 Å². The Hall–Kier alpha value is -1.14. The van der Waals surface area contributed by atoms with Crippen molar-refractivity contribution in [3.05, 3.63) is 0 Å². The van der Waals surface area contributed by atoms with E-state index in [0.717, 1.165) is 0 Å². The normalized spacial score (nSPS) is 12.3. The number of carbonyl (C=O) groups is 2. The largest absolute Gasteiger partial charge is 0.465 e. The van der Waals surface area contributed by atoms with Crippen LogP contribution in [0.15, 0.2) is 0 Å². The van der Waals surface area contributed by atoms with Crippen LogP contribution in [0.25, 0.3) is 0 Å². The fourth-order valence-electron chi connectivity index (χ4n) is 1.79. The van der Waals surface area contributed by atoms with Crippen LogP contribution in [0.3, 0.4) is 0 Å². The first-order valence-electron chi connectivity index (χ1n) is 7.56. The highest BCUT2D eigenvalue weighted by Gasteiger charge is 2.24. The fraction of sp³-hybridized carbons (Fsp3) is 0.867. The third kappa shape index (κ3) is 9.42. The predicted octanol–water partition coefficient (Wildman–Crippen LogP) is 1.48. The Morgan fingerprint density at radius 3 is 2.24 bits per heavy atom. The predicted molar refractivity (Wildman–Crippen MR) is 80.0 cm³/mol. The zero-order valence-corrected chi connectivity index (χ0v) is 13.9. The molecule has 21 heavy (non-hydrogen) atoms. The lowest BCUT2D eigenvalue weighted by atomic mass is 10.2. The monoisotopic (exact) mass is 303 g/mol. The maximum atomic E-state index is 12.3. The summed E-state index contributed by atoms with van der Waals surface area (Å²) in [7, 11) is 0. The van der Waals surface area contributed by atoms with Crippen LogP contribution >= 0.6 is 0 Å². The van der Waals surface area contributed by atoms with Gasteiger partial charge < -0.3 is 19.1 Å². The van der Waals surface area contributed by atoms with E-state index in [2.05, 4.69) is 0 Å². The summed E-state index contributed by atoms with van der Waals surface area (Å²) in [5.74, 6) is -0.333. The Balaban J connectivity index is 4.44. The second-order valence-electron chi connectivity index (χ2n) is 5.13. The molecule has 124 valence electrons. The van der Waals surface area contributed by atoms with Gasteiger partial charge in [-0.15, -0.1) is 0 Å². The molecule has 1 atom stereocenters. The Morgan fingerprint density at radius 1 is 1.05 bits per heavy atom. The Morgan fingerprint density at radius 2 is 1.71 bits per heavy atom. The van der Waals surface area contributed by atoms with E-state index in [0.29, 0.717) is 33.0 Å². The van der Waals surface area contributed by atoms with E-state index in [4.69, 9.17) is 14.2 Å². The highest BCUT2D eigenvalue weighted by atomic mass is 16.5. The van der Waals surface area contributed by atoms with E-state index in [1.54, 1.807) is 13.8 Å². The summed E-state index contributed by atoms with van der Waals surface area (Å²) in [6, 6.07) is 0. The maximum absolute atomic E-state index is 12.3. The van der Waals surface area contributed by atoms with Crippen molar-refractivity contribution in [2.45, 2.75) is 40.7 Å². The molecule has 0 aliphatic heterocycles. The molecule has 0 unspecified atom stereocenters. The summed E-state index contributed by atoms with van der Waals surface area (Å²) < 4.78 is 15.5. The summed E-state index contributed by atoms with van der Waals surface area (Å²) in [5.41, 5.74) is 0. The van der Waals surface area contributed by atoms with Crippen molar-refractivity contribution >= 4 is 11.9 Å². The molecule has 0 fully saturated rings. The second kappa shape index (κ2) is 11.5. The molecular weight excluding hydrogens is 274 g/mol. The standard InChI is InChI=1S/C15H29NO5/c1-6-19-8-9-21-13(5)15(18)16(10-12(3)4)11-14(17)20-7-2/h12-13H,6-11H2,1-5H3/t13-/m1/s1. The van der Waals surface area contributed by atoms with Gasteiger partial charge in [-0.2, -0.15) is 0 Å². The van der Waals surface area contributed by atoms with Crippen molar-refractivity contribution in [2.24, 2.45) is 5.92 Å². The first-order valence-corrected chi connectivity index (χ1v) is 7.56. The summed E-state index contributed by atoms with van der Waals surface area (Å²) >= 11 is 0. The van der Waals surface area contributed by atoms with Gasteiger partial charge in [0, 0.05) is 13.2 Å². The lowest BCUT2D eigenvalue weighted by molar-refractivity contribution is -0.154. The second-order valence-corrected chi connectivity index (χ2v) is 5.13. The summed E-state index contributed by atoms with van der Waals surface area (Å²) in [5, 5.41) is 0. The van der Waals surface area contributed by atoms with Crippen molar-refractivity contribution in [3.63, 3.8) is 0 Å². The van der Waals surface area contributed by atoms with E-state index in [1.165, 1.54) is 4.90 Å². The smallest absolute Gasteiger partial charge is 0.325 e. The third-order valence-corrected chi connectivity index (χ3v) is 2.67. The lowest BCUT2D eigenvalue weighted by Crippen LogP contribution is -2.44. The number of nitrogens with zero attached hydrogens (tertiary/aromatic N) is 1. The number of rotatable bonds is 11. The number of ether oxygens (including phenoxy) is 3. The highest BCUT2D eigenvalue weighted by Crippen LogP contribution is 2.05. The van der Waals surface area contributed by atoms with Gasteiger partial charge in [0.25, 0.3) is 5.91 Å². The average molecular weight is 303 g/mol. The van der Waals surface area contributed by atoms with Crippen molar-refractivity contribution in [1.82, 2.24) is 4.90 Å². The first kappa shape index (κ1) is 19.9. The molecular formula is C15H29NO5. The molecule has 0 saturated carbocycles. The molecule has 1 amide bonds. The fourth-order valence-corrected chi connectivity index (χ4v) is 1.79. The Labute approximate surface area is 127 Å². The Kier molecular flexibility index (Phi) is 10.9. The van der Waals surface area contributed by atoms with Crippen molar-refractivity contribution in [2.75, 3.05) is 39.5 Å². The minimum atomic E-state index is -0.598. The maximum Gasteiger partial charge on any atom is 0.325 e. The summed E-state index contributed by atoms with van der Waals surface area (Å²) in [6.45, 7) is 11.5. The molecule has 6 nitrogen and oxygen atoms in total. The van der Waals surface area contributed by atoms with Gasteiger partial charge in [-0.3, -0.25) is 9.59 Å². The first-order chi connectivity index (χ1) is 9.92. The van der Waals surface area contributed by atoms with Gasteiger partial charge in [0.2, 0.25) is 0 Å². The van der Waals surface area contributed by atoms with E-state index in [9.17, 15) is 9.59 Å². The number of esters is 1. The molecule has 0 rings (SSSR count). The number of carbonyl (C=O) groups excluding carboxylic acids is 2. The topological polar surface area (TPSA) is 65.1 Å². The van der Waals surface area contributed by atoms with Gasteiger partial charge in [-0.05, 0) is 26.7 Å². The molecule has 0 aromatic heterocycles. The van der Waals surface area contributed by atoms with Crippen LogP contribution in [0.5, 0.6) is 0 Å². The lowest BCUT2D eigenvalue weighted by Gasteiger charge is -2.26. The Bertz CT molecular complexity index is 306. The molecule has 6 heteroatoms. The van der Waals surface area contributed by atoms with Crippen LogP contribution in [-0.2, 0) is 23.8 Å². The van der Waals surface area contributed by atoms with Gasteiger partial charge >= 0.3 is 5.97 Å². The number of hydrogen-bond donors (Lipinski definition) is 0. The quantitative estimate of drug-likeness (QED) is 0.427. The molecule has 0 saturated heterocycles. The molecule has 0 N–H and O–H groups in total. The molecule has 0 aliphatic rings. The van der Waals surface area contributed by atoms with Crippen molar-refractivity contribution in [1.29, 1.82) is 0 Å². The SMILES string of the molecule is CCOCCO[C@H](C)C(=O)N(CC(=O)OCC)CC(C)C. The van der Waals surface area contributed by atoms with E-state index < -0.39 is 12.1 Å². The molecule has 0 radical (unpaired) electrons. The van der Waals surface area contributed by atoms with Crippen molar-refractivity contribution in [3.8, 4) is 0 Å².